The number of likely N-dealkylation sites (tertiary alicyclic amines) is 1. The Morgan fingerprint density at radius 1 is 1.21 bits per heavy atom. The lowest BCUT2D eigenvalue weighted by molar-refractivity contribution is -0.207. The molecule has 6 heteroatoms. The first kappa shape index (κ1) is 18.1. The van der Waals surface area contributed by atoms with Crippen molar-refractivity contribution >= 4 is 5.91 Å². The van der Waals surface area contributed by atoms with Gasteiger partial charge in [-0.15, -0.1) is 0 Å². The Morgan fingerprint density at radius 3 is 2.58 bits per heavy atom. The lowest BCUT2D eigenvalue weighted by atomic mass is 9.81. The van der Waals surface area contributed by atoms with Gasteiger partial charge in [0.2, 0.25) is 5.91 Å². The predicted molar refractivity (Wildman–Crippen MR) is 88.2 cm³/mol. The molecule has 0 aromatic rings. The average molecular weight is 341 g/mol. The number of rotatable bonds is 7. The van der Waals surface area contributed by atoms with Crippen LogP contribution in [0.3, 0.4) is 0 Å². The highest BCUT2D eigenvalue weighted by molar-refractivity contribution is 5.86. The number of carbonyl (C=O) groups excluding carboxylic acids is 1. The molecule has 5 atom stereocenters. The molecule has 0 aliphatic carbocycles. The number of hydrogen-bond donors (Lipinski definition) is 1. The second kappa shape index (κ2) is 8.61. The van der Waals surface area contributed by atoms with E-state index in [1.807, 2.05) is 4.90 Å². The number of hydrogen-bond acceptors (Lipinski definition) is 5. The Morgan fingerprint density at radius 2 is 1.96 bits per heavy atom. The second-order valence-corrected chi connectivity index (χ2v) is 7.23. The van der Waals surface area contributed by atoms with Crippen molar-refractivity contribution in [2.75, 3.05) is 19.8 Å². The zero-order chi connectivity index (χ0) is 16.9. The van der Waals surface area contributed by atoms with Crippen LogP contribution in [0.25, 0.3) is 0 Å². The van der Waals surface area contributed by atoms with E-state index in [0.717, 1.165) is 58.2 Å². The Labute approximate surface area is 144 Å². The first-order valence-corrected chi connectivity index (χ1v) is 9.52. The van der Waals surface area contributed by atoms with Crippen LogP contribution in [0.1, 0.15) is 58.3 Å². The molecule has 3 saturated heterocycles. The van der Waals surface area contributed by atoms with Crippen molar-refractivity contribution in [1.29, 1.82) is 0 Å². The fourth-order valence-corrected chi connectivity index (χ4v) is 4.14. The summed E-state index contributed by atoms with van der Waals surface area (Å²) in [4.78, 5) is 14.4. The van der Waals surface area contributed by atoms with Crippen molar-refractivity contribution in [3.63, 3.8) is 0 Å². The highest BCUT2D eigenvalue weighted by atomic mass is 16.7. The molecule has 3 fully saturated rings. The zero-order valence-corrected chi connectivity index (χ0v) is 14.7. The van der Waals surface area contributed by atoms with Crippen LogP contribution in [0.4, 0.5) is 0 Å². The van der Waals surface area contributed by atoms with Gasteiger partial charge in [0.1, 0.15) is 6.23 Å². The quantitative estimate of drug-likeness (QED) is 0.718. The molecule has 1 N–H and O–H groups in total. The molecule has 0 saturated carbocycles. The molecule has 5 unspecified atom stereocenters. The maximum atomic E-state index is 12.5. The van der Waals surface area contributed by atoms with Gasteiger partial charge >= 0.3 is 0 Å². The zero-order valence-electron chi connectivity index (χ0n) is 14.7. The molecular formula is C18H31NO5. The van der Waals surface area contributed by atoms with E-state index in [0.29, 0.717) is 6.42 Å². The Balaban J connectivity index is 1.57. The van der Waals surface area contributed by atoms with Crippen LogP contribution in [0.2, 0.25) is 0 Å². The van der Waals surface area contributed by atoms with E-state index in [-0.39, 0.29) is 43.1 Å². The highest BCUT2D eigenvalue weighted by Gasteiger charge is 2.50. The predicted octanol–water partition coefficient (Wildman–Crippen LogP) is 2.04. The summed E-state index contributed by atoms with van der Waals surface area (Å²) in [6, 6.07) is 0.103. The van der Waals surface area contributed by atoms with Crippen molar-refractivity contribution in [2.45, 2.75) is 83.0 Å². The smallest absolute Gasteiger partial charge is 0.230 e. The molecule has 3 aliphatic rings. The van der Waals surface area contributed by atoms with Crippen LogP contribution < -0.4 is 0 Å². The molecule has 1 amide bonds. The van der Waals surface area contributed by atoms with E-state index in [2.05, 4.69) is 6.92 Å². The summed E-state index contributed by atoms with van der Waals surface area (Å²) in [7, 11) is 0. The van der Waals surface area contributed by atoms with E-state index in [4.69, 9.17) is 14.2 Å². The SMILES string of the molecule is CC(CC1C(CCO)C(=O)N1C1CCCCO1)OC1CCCCO1. The highest BCUT2D eigenvalue weighted by Crippen LogP contribution is 2.37. The van der Waals surface area contributed by atoms with Gasteiger partial charge in [0, 0.05) is 25.9 Å². The van der Waals surface area contributed by atoms with Crippen LogP contribution in [0.15, 0.2) is 0 Å². The summed E-state index contributed by atoms with van der Waals surface area (Å²) >= 11 is 0. The maximum absolute atomic E-state index is 12.5. The molecule has 0 radical (unpaired) electrons. The first-order chi connectivity index (χ1) is 11.7. The van der Waals surface area contributed by atoms with E-state index >= 15 is 0 Å². The molecule has 0 aromatic carbocycles. The third-order valence-electron chi connectivity index (χ3n) is 5.39. The largest absolute Gasteiger partial charge is 0.396 e. The summed E-state index contributed by atoms with van der Waals surface area (Å²) < 4.78 is 17.5. The van der Waals surface area contributed by atoms with E-state index in [1.54, 1.807) is 0 Å². The average Bonchev–Trinajstić information content (AvgIpc) is 2.61. The molecule has 138 valence electrons. The van der Waals surface area contributed by atoms with Gasteiger partial charge in [-0.05, 0) is 58.3 Å². The van der Waals surface area contributed by atoms with Gasteiger partial charge in [0.05, 0.1) is 12.0 Å². The number of aliphatic hydroxyl groups excluding tert-OH is 1. The third kappa shape index (κ3) is 4.10. The fraction of sp³-hybridized carbons (Fsp3) is 0.944. The Bertz CT molecular complexity index is 406. The first-order valence-electron chi connectivity index (χ1n) is 9.52. The van der Waals surface area contributed by atoms with Crippen molar-refractivity contribution < 1.29 is 24.1 Å². The van der Waals surface area contributed by atoms with Gasteiger partial charge in [0.25, 0.3) is 0 Å². The molecule has 0 aromatic heterocycles. The second-order valence-electron chi connectivity index (χ2n) is 7.23. The summed E-state index contributed by atoms with van der Waals surface area (Å²) in [5.74, 6) is 0.0286. The van der Waals surface area contributed by atoms with E-state index in [9.17, 15) is 9.90 Å². The normalized spacial score (nSPS) is 35.6. The molecule has 0 spiro atoms. The van der Waals surface area contributed by atoms with Crippen LogP contribution in [0.5, 0.6) is 0 Å². The van der Waals surface area contributed by atoms with Crippen molar-refractivity contribution in [3.8, 4) is 0 Å². The molecule has 0 bridgehead atoms. The lowest BCUT2D eigenvalue weighted by Gasteiger charge is -2.52. The van der Waals surface area contributed by atoms with E-state index < -0.39 is 0 Å². The van der Waals surface area contributed by atoms with Crippen molar-refractivity contribution in [2.24, 2.45) is 5.92 Å². The molecule has 3 heterocycles. The van der Waals surface area contributed by atoms with Crippen molar-refractivity contribution in [1.82, 2.24) is 4.90 Å². The number of ether oxygens (including phenoxy) is 3. The molecule has 3 rings (SSSR count). The standard InChI is InChI=1S/C18H31NO5/c1-13(24-17-7-3-5-11-23-17)12-15-14(8-9-20)18(21)19(15)16-6-2-4-10-22-16/h13-17,20H,2-12H2,1H3. The van der Waals surface area contributed by atoms with Crippen LogP contribution in [0, 0.1) is 5.92 Å². The number of amides is 1. The van der Waals surface area contributed by atoms with Crippen molar-refractivity contribution in [3.05, 3.63) is 0 Å². The van der Waals surface area contributed by atoms with Gasteiger partial charge in [-0.25, -0.2) is 0 Å². The van der Waals surface area contributed by atoms with Crippen LogP contribution in [-0.4, -0.2) is 60.4 Å². The van der Waals surface area contributed by atoms with Crippen LogP contribution in [-0.2, 0) is 19.0 Å². The Hall–Kier alpha value is -0.690. The maximum Gasteiger partial charge on any atom is 0.230 e. The summed E-state index contributed by atoms with van der Waals surface area (Å²) in [6.45, 7) is 3.60. The minimum absolute atomic E-state index is 0.0264. The Kier molecular flexibility index (Phi) is 6.49. The summed E-state index contributed by atoms with van der Waals surface area (Å²) in [6.07, 6.45) is 7.41. The molecule has 6 nitrogen and oxygen atoms in total. The van der Waals surface area contributed by atoms with Gasteiger partial charge in [0.15, 0.2) is 6.29 Å². The minimum atomic E-state index is -0.111. The molecule has 3 aliphatic heterocycles. The monoisotopic (exact) mass is 341 g/mol. The summed E-state index contributed by atoms with van der Waals surface area (Å²) in [5.41, 5.74) is 0. The fourth-order valence-electron chi connectivity index (χ4n) is 4.14. The van der Waals surface area contributed by atoms with Gasteiger partial charge < -0.3 is 24.2 Å². The lowest BCUT2D eigenvalue weighted by Crippen LogP contribution is -2.66. The van der Waals surface area contributed by atoms with E-state index in [1.165, 1.54) is 0 Å². The van der Waals surface area contributed by atoms with Gasteiger partial charge in [-0.3, -0.25) is 4.79 Å². The number of nitrogens with zero attached hydrogens (tertiary/aromatic N) is 1. The third-order valence-corrected chi connectivity index (χ3v) is 5.39. The number of aliphatic hydroxyl groups is 1. The topological polar surface area (TPSA) is 68.2 Å². The van der Waals surface area contributed by atoms with Crippen LogP contribution >= 0.6 is 0 Å². The van der Waals surface area contributed by atoms with Gasteiger partial charge in [-0.2, -0.15) is 0 Å². The molecular weight excluding hydrogens is 310 g/mol. The number of β-lactam (4-membered cyclic amide) rings is 1. The minimum Gasteiger partial charge on any atom is -0.396 e. The summed E-state index contributed by atoms with van der Waals surface area (Å²) in [5, 5.41) is 9.28. The molecule has 24 heavy (non-hydrogen) atoms. The van der Waals surface area contributed by atoms with Gasteiger partial charge in [-0.1, -0.05) is 0 Å². The number of carbonyl (C=O) groups is 1.